The Morgan fingerprint density at radius 1 is 1.00 bits per heavy atom. The van der Waals surface area contributed by atoms with Crippen LogP contribution in [0.25, 0.3) is 6.08 Å². The molecule has 0 aliphatic heterocycles. The first kappa shape index (κ1) is 22.3. The second-order valence-corrected chi connectivity index (χ2v) is 9.95. The number of nitrogens with zero attached hydrogens (tertiary/aromatic N) is 4. The molecule has 1 saturated carbocycles. The third kappa shape index (κ3) is 3.67. The molecule has 2 aromatic carbocycles. The molecule has 5 rings (SSSR count). The molecule has 0 spiro atoms. The van der Waals surface area contributed by atoms with E-state index in [0.29, 0.717) is 11.6 Å². The Kier molecular flexibility index (Phi) is 5.68. The van der Waals surface area contributed by atoms with E-state index in [0.717, 1.165) is 36.2 Å². The van der Waals surface area contributed by atoms with Crippen LogP contribution in [0.1, 0.15) is 47.3 Å². The molecule has 1 aromatic heterocycles. The van der Waals surface area contributed by atoms with Crippen LogP contribution in [0.5, 0.6) is 0 Å². The van der Waals surface area contributed by atoms with Crippen molar-refractivity contribution in [2.75, 3.05) is 38.0 Å². The fraction of sp³-hybridized carbons (Fsp3) is 0.357. The molecule has 0 amide bonds. The molecule has 2 N–H and O–H groups in total. The van der Waals surface area contributed by atoms with Crippen LogP contribution < -0.4 is 9.80 Å². The van der Waals surface area contributed by atoms with Gasteiger partial charge in [-0.05, 0) is 48.2 Å². The van der Waals surface area contributed by atoms with Gasteiger partial charge in [0, 0.05) is 68.6 Å². The lowest BCUT2D eigenvalue weighted by Crippen LogP contribution is -2.31. The number of benzene rings is 2. The molecule has 34 heavy (non-hydrogen) atoms. The Balaban J connectivity index is 1.65. The number of allylic oxidation sites excluding steroid dienone is 1. The summed E-state index contributed by atoms with van der Waals surface area (Å²) in [5.41, 5.74) is 8.09. The lowest BCUT2D eigenvalue weighted by molar-refractivity contribution is 0.305. The highest BCUT2D eigenvalue weighted by Gasteiger charge is 2.38. The van der Waals surface area contributed by atoms with E-state index in [1.807, 2.05) is 0 Å². The van der Waals surface area contributed by atoms with Crippen molar-refractivity contribution in [1.29, 1.82) is 0 Å². The lowest BCUT2D eigenvalue weighted by Gasteiger charge is -2.36. The van der Waals surface area contributed by atoms with Crippen LogP contribution in [0.15, 0.2) is 59.8 Å². The quantitative estimate of drug-likeness (QED) is 0.309. The second-order valence-electron chi connectivity index (χ2n) is 9.95. The van der Waals surface area contributed by atoms with Crippen LogP contribution >= 0.6 is 0 Å². The van der Waals surface area contributed by atoms with Gasteiger partial charge in [0.1, 0.15) is 11.4 Å². The summed E-state index contributed by atoms with van der Waals surface area (Å²) in [5, 5.41) is 21.4. The first-order valence-electron chi connectivity index (χ1n) is 12.0. The third-order valence-electron chi connectivity index (χ3n) is 7.47. The topological polar surface area (TPSA) is 67.8 Å². The van der Waals surface area contributed by atoms with E-state index in [-0.39, 0.29) is 5.41 Å². The van der Waals surface area contributed by atoms with E-state index >= 15 is 0 Å². The lowest BCUT2D eigenvalue weighted by atomic mass is 9.68. The molecule has 3 aromatic rings. The predicted molar refractivity (Wildman–Crippen MR) is 139 cm³/mol. The molecule has 1 fully saturated rings. The molecule has 176 valence electrons. The van der Waals surface area contributed by atoms with E-state index in [4.69, 9.17) is 0 Å². The number of nitrogens with one attached hydrogen (secondary N) is 1. The minimum Gasteiger partial charge on any atom is -0.411 e. The minimum absolute atomic E-state index is 0.297. The Labute approximate surface area is 201 Å². The number of rotatable bonds is 6. The van der Waals surface area contributed by atoms with Gasteiger partial charge in [0.05, 0.1) is 0 Å². The zero-order valence-corrected chi connectivity index (χ0v) is 20.4. The van der Waals surface area contributed by atoms with Gasteiger partial charge in [-0.2, -0.15) is 5.10 Å². The summed E-state index contributed by atoms with van der Waals surface area (Å²) in [7, 11) is 8.30. The summed E-state index contributed by atoms with van der Waals surface area (Å²) >= 11 is 0. The number of hydrogen-bond donors (Lipinski definition) is 2. The average molecular weight is 456 g/mol. The van der Waals surface area contributed by atoms with E-state index in [1.54, 1.807) is 0 Å². The highest BCUT2D eigenvalue weighted by atomic mass is 16.4. The maximum Gasteiger partial charge on any atom is 0.117 e. The Hall–Kier alpha value is -3.54. The smallest absolute Gasteiger partial charge is 0.117 e. The van der Waals surface area contributed by atoms with Gasteiger partial charge in [-0.3, -0.25) is 5.10 Å². The summed E-state index contributed by atoms with van der Waals surface area (Å²) in [6, 6.07) is 17.6. The van der Waals surface area contributed by atoms with Gasteiger partial charge in [-0.15, -0.1) is 0 Å². The Morgan fingerprint density at radius 3 is 2.12 bits per heavy atom. The molecular weight excluding hydrogens is 422 g/mol. The Bertz CT molecular complexity index is 1200. The van der Waals surface area contributed by atoms with Crippen molar-refractivity contribution in [3.8, 4) is 0 Å². The highest BCUT2D eigenvalue weighted by Crippen LogP contribution is 2.44. The summed E-state index contributed by atoms with van der Waals surface area (Å²) in [6.45, 7) is 0. The fourth-order valence-corrected chi connectivity index (χ4v) is 5.15. The van der Waals surface area contributed by atoms with Crippen molar-refractivity contribution in [2.45, 2.75) is 31.1 Å². The number of fused-ring (bicyclic) bond motifs is 1. The SMILES string of the molecule is CN(C)c1cccc(C2(c3cccc(N(C)C)c3)C=Cc3c(C(=NO)C4CCC4)n[nH]c3C2)c1. The van der Waals surface area contributed by atoms with Crippen LogP contribution in [0.3, 0.4) is 0 Å². The van der Waals surface area contributed by atoms with Gasteiger partial charge in [0.2, 0.25) is 0 Å². The number of aromatic amines is 1. The predicted octanol–water partition coefficient (Wildman–Crippen LogP) is 5.08. The minimum atomic E-state index is -0.345. The molecule has 6 nitrogen and oxygen atoms in total. The van der Waals surface area contributed by atoms with Gasteiger partial charge < -0.3 is 15.0 Å². The maximum atomic E-state index is 9.76. The first-order valence-corrected chi connectivity index (χ1v) is 12.0. The molecule has 0 atom stereocenters. The molecule has 0 radical (unpaired) electrons. The van der Waals surface area contributed by atoms with Crippen LogP contribution in [-0.4, -0.2) is 49.3 Å². The zero-order valence-electron chi connectivity index (χ0n) is 20.4. The van der Waals surface area contributed by atoms with Crippen molar-refractivity contribution in [3.63, 3.8) is 0 Å². The van der Waals surface area contributed by atoms with Gasteiger partial charge >= 0.3 is 0 Å². The van der Waals surface area contributed by atoms with Crippen LogP contribution in [-0.2, 0) is 11.8 Å². The number of H-pyrrole nitrogens is 1. The molecule has 0 saturated heterocycles. The van der Waals surface area contributed by atoms with Crippen LogP contribution in [0, 0.1) is 5.92 Å². The van der Waals surface area contributed by atoms with Crippen LogP contribution in [0.2, 0.25) is 0 Å². The summed E-state index contributed by atoms with van der Waals surface area (Å²) < 4.78 is 0. The molecule has 1 heterocycles. The first-order chi connectivity index (χ1) is 16.4. The average Bonchev–Trinajstić information content (AvgIpc) is 3.23. The fourth-order valence-electron chi connectivity index (χ4n) is 5.15. The van der Waals surface area contributed by atoms with Gasteiger partial charge in [-0.25, -0.2) is 0 Å². The summed E-state index contributed by atoms with van der Waals surface area (Å²) in [6.07, 6.45) is 8.54. The standard InChI is InChI=1S/C28H33N5O/c1-32(2)22-12-6-10-20(16-22)28(21-11-7-13-23(17-21)33(3)4)15-14-24-25(18-28)29-30-27(24)26(31-34)19-8-5-9-19/h6-7,10-17,19,34H,5,8-9,18H2,1-4H3,(H,29,30). The van der Waals surface area contributed by atoms with Crippen molar-refractivity contribution in [3.05, 3.63) is 82.7 Å². The van der Waals surface area contributed by atoms with Crippen molar-refractivity contribution in [1.82, 2.24) is 10.2 Å². The van der Waals surface area contributed by atoms with Gasteiger partial charge in [0.15, 0.2) is 0 Å². The summed E-state index contributed by atoms with van der Waals surface area (Å²) in [4.78, 5) is 4.28. The van der Waals surface area contributed by atoms with Crippen molar-refractivity contribution < 1.29 is 5.21 Å². The second kappa shape index (κ2) is 8.67. The molecule has 6 heteroatoms. The third-order valence-corrected chi connectivity index (χ3v) is 7.47. The zero-order chi connectivity index (χ0) is 23.9. The van der Waals surface area contributed by atoms with E-state index in [9.17, 15) is 5.21 Å². The van der Waals surface area contributed by atoms with E-state index in [1.165, 1.54) is 28.9 Å². The number of oxime groups is 1. The number of aromatic nitrogens is 2. The molecule has 2 aliphatic rings. The molecular formula is C28H33N5O. The summed E-state index contributed by atoms with van der Waals surface area (Å²) in [5.74, 6) is 0.297. The van der Waals surface area contributed by atoms with Gasteiger partial charge in [0.25, 0.3) is 0 Å². The molecule has 0 unspecified atom stereocenters. The van der Waals surface area contributed by atoms with Gasteiger partial charge in [-0.1, -0.05) is 48.0 Å². The van der Waals surface area contributed by atoms with Crippen molar-refractivity contribution in [2.24, 2.45) is 11.1 Å². The monoisotopic (exact) mass is 455 g/mol. The van der Waals surface area contributed by atoms with Crippen LogP contribution in [0.4, 0.5) is 11.4 Å². The normalized spacial score (nSPS) is 17.2. The van der Waals surface area contributed by atoms with Crippen molar-refractivity contribution >= 4 is 23.2 Å². The van der Waals surface area contributed by atoms with E-state index in [2.05, 4.69) is 114 Å². The maximum absolute atomic E-state index is 9.76. The highest BCUT2D eigenvalue weighted by molar-refractivity contribution is 6.04. The van der Waals surface area contributed by atoms with E-state index < -0.39 is 0 Å². The largest absolute Gasteiger partial charge is 0.411 e. The number of hydrogen-bond acceptors (Lipinski definition) is 5. The molecule has 0 bridgehead atoms. The Morgan fingerprint density at radius 2 is 1.62 bits per heavy atom. The molecule has 2 aliphatic carbocycles. The number of anilines is 2.